The molecule has 0 aromatic carbocycles. The van der Waals surface area contributed by atoms with E-state index in [-0.39, 0.29) is 29.1 Å². The molecule has 2 heterocycles. The van der Waals surface area contributed by atoms with E-state index in [4.69, 9.17) is 0 Å². The van der Waals surface area contributed by atoms with Crippen LogP contribution in [0, 0.1) is 29.1 Å². The summed E-state index contributed by atoms with van der Waals surface area (Å²) in [7, 11) is 0. The highest BCUT2D eigenvalue weighted by atomic mass is 16.2. The topological polar surface area (TPSA) is 50.3 Å². The second kappa shape index (κ2) is 3.62. The lowest BCUT2D eigenvalue weighted by molar-refractivity contribution is -0.141. The second-order valence-corrected chi connectivity index (χ2v) is 6.85. The van der Waals surface area contributed by atoms with Gasteiger partial charge >= 0.3 is 0 Å². The van der Waals surface area contributed by atoms with Crippen LogP contribution < -0.4 is 0 Å². The molecule has 3 aliphatic carbocycles. The summed E-state index contributed by atoms with van der Waals surface area (Å²) in [5, 5.41) is 0. The number of aromatic nitrogens is 1. The Kier molecular flexibility index (Phi) is 2.01. The van der Waals surface area contributed by atoms with Crippen molar-refractivity contribution in [1.82, 2.24) is 9.88 Å². The van der Waals surface area contributed by atoms with Crippen molar-refractivity contribution in [2.75, 3.05) is 0 Å². The van der Waals surface area contributed by atoms with Gasteiger partial charge in [0.25, 0.3) is 0 Å². The van der Waals surface area contributed by atoms with E-state index in [0.29, 0.717) is 18.4 Å². The number of nitrogens with zero attached hydrogens (tertiary/aromatic N) is 2. The minimum atomic E-state index is -0.0910. The van der Waals surface area contributed by atoms with E-state index >= 15 is 0 Å². The number of carbonyl (C=O) groups is 2. The predicted octanol–water partition coefficient (Wildman–Crippen LogP) is 1.78. The molecule has 0 radical (unpaired) electrons. The third-order valence-electron chi connectivity index (χ3n) is 6.01. The molecule has 2 amide bonds. The molecule has 2 bridgehead atoms. The minimum Gasteiger partial charge on any atom is -0.278 e. The Morgan fingerprint density at radius 2 is 1.81 bits per heavy atom. The van der Waals surface area contributed by atoms with Gasteiger partial charge in [-0.1, -0.05) is 18.2 Å². The van der Waals surface area contributed by atoms with Crippen LogP contribution in [0.5, 0.6) is 0 Å². The van der Waals surface area contributed by atoms with Crippen molar-refractivity contribution < 1.29 is 9.59 Å². The first kappa shape index (κ1) is 11.7. The Morgan fingerprint density at radius 1 is 1.14 bits per heavy atom. The molecule has 4 atom stereocenters. The highest BCUT2D eigenvalue weighted by Gasteiger charge is 2.73. The van der Waals surface area contributed by atoms with Crippen molar-refractivity contribution in [2.45, 2.75) is 19.4 Å². The highest BCUT2D eigenvalue weighted by molar-refractivity contribution is 6.06. The quantitative estimate of drug-likeness (QED) is 0.613. The van der Waals surface area contributed by atoms with Gasteiger partial charge in [-0.25, -0.2) is 0 Å². The van der Waals surface area contributed by atoms with Crippen LogP contribution in [-0.4, -0.2) is 21.7 Å². The van der Waals surface area contributed by atoms with E-state index in [1.54, 1.807) is 12.4 Å². The van der Waals surface area contributed by atoms with Gasteiger partial charge in [0.2, 0.25) is 11.8 Å². The molecular formula is C17H16N2O2. The molecule has 4 heteroatoms. The molecule has 21 heavy (non-hydrogen) atoms. The molecule has 5 rings (SSSR count). The average Bonchev–Trinajstić information content (AvgIpc) is 3.11. The third kappa shape index (κ3) is 1.29. The number of fused-ring (bicyclic) bond motifs is 3. The fourth-order valence-electron chi connectivity index (χ4n) is 4.97. The van der Waals surface area contributed by atoms with Crippen molar-refractivity contribution in [2.24, 2.45) is 29.1 Å². The standard InChI is InChI=1S/C17H16N2O2/c20-15-13-11-3-4-12(17(11)5-6-17)14(13)16(21)19(15)9-10-2-1-7-18-8-10/h1-4,7-8,11-14H,5-6,9H2/t11-,12-,13+,14+/m1/s1. The molecule has 4 nitrogen and oxygen atoms in total. The molecule has 0 N–H and O–H groups in total. The summed E-state index contributed by atoms with van der Waals surface area (Å²) in [6.45, 7) is 0.366. The Labute approximate surface area is 122 Å². The van der Waals surface area contributed by atoms with E-state index < -0.39 is 0 Å². The van der Waals surface area contributed by atoms with Crippen LogP contribution in [-0.2, 0) is 16.1 Å². The first-order valence-corrected chi connectivity index (χ1v) is 7.65. The second-order valence-electron chi connectivity index (χ2n) is 6.85. The zero-order valence-corrected chi connectivity index (χ0v) is 11.6. The molecule has 1 aromatic heterocycles. The Balaban J connectivity index is 1.48. The van der Waals surface area contributed by atoms with E-state index in [2.05, 4.69) is 17.1 Å². The fraction of sp³-hybridized carbons (Fsp3) is 0.471. The van der Waals surface area contributed by atoms with Crippen LogP contribution >= 0.6 is 0 Å². The van der Waals surface area contributed by atoms with Crippen molar-refractivity contribution in [3.63, 3.8) is 0 Å². The van der Waals surface area contributed by atoms with E-state index in [1.165, 1.54) is 17.7 Å². The summed E-state index contributed by atoms with van der Waals surface area (Å²) in [4.78, 5) is 31.0. The SMILES string of the molecule is O=C1[C@@H]2[C@@H](C(=O)N1Cc1cccnc1)[C@H]1C=C[C@H]2C12CC2. The monoisotopic (exact) mass is 280 g/mol. The van der Waals surface area contributed by atoms with Crippen molar-refractivity contribution in [3.05, 3.63) is 42.2 Å². The number of pyridine rings is 1. The summed E-state index contributed by atoms with van der Waals surface area (Å²) in [5.74, 6) is 0.512. The number of carbonyl (C=O) groups excluding carboxylic acids is 2. The number of rotatable bonds is 2. The molecule has 3 fully saturated rings. The molecule has 1 saturated heterocycles. The van der Waals surface area contributed by atoms with Crippen LogP contribution in [0.25, 0.3) is 0 Å². The minimum absolute atomic E-state index is 0.0389. The summed E-state index contributed by atoms with van der Waals surface area (Å²) in [5.41, 5.74) is 1.20. The largest absolute Gasteiger partial charge is 0.278 e. The first-order valence-electron chi connectivity index (χ1n) is 7.65. The molecule has 1 aromatic rings. The normalized spacial score (nSPS) is 37.6. The van der Waals surface area contributed by atoms with Gasteiger partial charge in [-0.05, 0) is 41.7 Å². The molecule has 1 aliphatic heterocycles. The van der Waals surface area contributed by atoms with Gasteiger partial charge in [0.05, 0.1) is 18.4 Å². The van der Waals surface area contributed by atoms with Gasteiger partial charge in [-0.15, -0.1) is 0 Å². The Morgan fingerprint density at radius 3 is 2.33 bits per heavy atom. The number of amides is 2. The molecule has 4 aliphatic rings. The van der Waals surface area contributed by atoms with Gasteiger partial charge in [0.15, 0.2) is 0 Å². The van der Waals surface area contributed by atoms with E-state index in [0.717, 1.165) is 5.56 Å². The summed E-state index contributed by atoms with van der Waals surface area (Å²) in [6.07, 6.45) is 10.2. The van der Waals surface area contributed by atoms with Crippen molar-refractivity contribution in [3.8, 4) is 0 Å². The molecule has 1 spiro atoms. The van der Waals surface area contributed by atoms with Crippen LogP contribution in [0.2, 0.25) is 0 Å². The Hall–Kier alpha value is -1.97. The Bertz CT molecular complexity index is 643. The number of allylic oxidation sites excluding steroid dienone is 2. The zero-order chi connectivity index (χ0) is 14.2. The molecular weight excluding hydrogens is 264 g/mol. The maximum atomic E-state index is 12.8. The maximum Gasteiger partial charge on any atom is 0.234 e. The summed E-state index contributed by atoms with van der Waals surface area (Å²) < 4.78 is 0. The van der Waals surface area contributed by atoms with Gasteiger partial charge in [-0.3, -0.25) is 19.5 Å². The van der Waals surface area contributed by atoms with Gasteiger partial charge in [0, 0.05) is 12.4 Å². The van der Waals surface area contributed by atoms with Crippen molar-refractivity contribution in [1.29, 1.82) is 0 Å². The number of hydrogen-bond donors (Lipinski definition) is 0. The highest BCUT2D eigenvalue weighted by Crippen LogP contribution is 2.73. The third-order valence-corrected chi connectivity index (χ3v) is 6.01. The molecule has 2 saturated carbocycles. The van der Waals surface area contributed by atoms with Gasteiger partial charge in [-0.2, -0.15) is 0 Å². The molecule has 0 unspecified atom stereocenters. The number of likely N-dealkylation sites (tertiary alicyclic amines) is 1. The maximum absolute atomic E-state index is 12.8. The zero-order valence-electron chi connectivity index (χ0n) is 11.6. The lowest BCUT2D eigenvalue weighted by Gasteiger charge is -2.21. The van der Waals surface area contributed by atoms with Crippen LogP contribution in [0.4, 0.5) is 0 Å². The smallest absolute Gasteiger partial charge is 0.234 e. The van der Waals surface area contributed by atoms with E-state index in [1.807, 2.05) is 12.1 Å². The average molecular weight is 280 g/mol. The van der Waals surface area contributed by atoms with Gasteiger partial charge in [0.1, 0.15) is 0 Å². The predicted molar refractivity (Wildman–Crippen MR) is 74.6 cm³/mol. The van der Waals surface area contributed by atoms with Crippen molar-refractivity contribution >= 4 is 11.8 Å². The van der Waals surface area contributed by atoms with Crippen LogP contribution in [0.3, 0.4) is 0 Å². The summed E-state index contributed by atoms with van der Waals surface area (Å²) >= 11 is 0. The lowest BCUT2D eigenvalue weighted by Crippen LogP contribution is -2.34. The van der Waals surface area contributed by atoms with Crippen LogP contribution in [0.15, 0.2) is 36.7 Å². The number of imide groups is 1. The van der Waals surface area contributed by atoms with E-state index in [9.17, 15) is 9.59 Å². The lowest BCUT2D eigenvalue weighted by atomic mass is 9.85. The van der Waals surface area contributed by atoms with Gasteiger partial charge < -0.3 is 0 Å². The summed E-state index contributed by atoms with van der Waals surface area (Å²) in [6, 6.07) is 3.75. The fourth-order valence-corrected chi connectivity index (χ4v) is 4.97. The first-order chi connectivity index (χ1) is 10.2. The van der Waals surface area contributed by atoms with Crippen LogP contribution in [0.1, 0.15) is 18.4 Å². The molecule has 106 valence electrons. The number of hydrogen-bond acceptors (Lipinski definition) is 3.